The number of hydroxylamine groups is 2. The van der Waals surface area contributed by atoms with Crippen LogP contribution in [0, 0.1) is 0 Å². The second-order valence-corrected chi connectivity index (χ2v) is 8.79. The molecule has 4 rings (SSSR count). The van der Waals surface area contributed by atoms with Crippen LogP contribution in [0.1, 0.15) is 40.0 Å². The summed E-state index contributed by atoms with van der Waals surface area (Å²) in [6.45, 7) is 0.733. The zero-order valence-electron chi connectivity index (χ0n) is 20.6. The number of halogens is 3. The number of rotatable bonds is 7. The molecule has 39 heavy (non-hydrogen) atoms. The minimum absolute atomic E-state index is 0.171. The van der Waals surface area contributed by atoms with E-state index in [0.29, 0.717) is 30.0 Å². The summed E-state index contributed by atoms with van der Waals surface area (Å²) in [5.41, 5.74) is 0.476. The highest BCUT2D eigenvalue weighted by atomic mass is 19.4. The minimum atomic E-state index is -5.12. The van der Waals surface area contributed by atoms with Crippen LogP contribution in [-0.2, 0) is 9.63 Å². The summed E-state index contributed by atoms with van der Waals surface area (Å²) in [5, 5.41) is 4.36. The average Bonchev–Trinajstić information content (AvgIpc) is 3.13. The molecule has 0 aromatic heterocycles. The van der Waals surface area contributed by atoms with Gasteiger partial charge in [-0.1, -0.05) is 24.3 Å². The third-order valence-electron chi connectivity index (χ3n) is 5.79. The predicted octanol–water partition coefficient (Wildman–Crippen LogP) is 5.30. The molecule has 1 heterocycles. The van der Waals surface area contributed by atoms with Crippen LogP contribution < -0.4 is 14.8 Å². The minimum Gasteiger partial charge on any atom is -0.457 e. The average molecular weight is 543 g/mol. The first kappa shape index (κ1) is 27.6. The van der Waals surface area contributed by atoms with Crippen molar-refractivity contribution in [1.82, 2.24) is 10.4 Å². The molecular weight excluding hydrogens is 517 g/mol. The van der Waals surface area contributed by atoms with Gasteiger partial charge in [-0.15, -0.1) is 5.06 Å². The SMILES string of the molecule is O=C(N[C@@H]1CCCCN(OC(=O)c2cccc(Oc3ccccc3)c2)C1)c1ccc(OC(=O)C(F)(F)F)cc1. The molecule has 0 saturated carbocycles. The van der Waals surface area contributed by atoms with Gasteiger partial charge in [0.05, 0.1) is 12.1 Å². The van der Waals surface area contributed by atoms with E-state index in [1.54, 1.807) is 36.4 Å². The lowest BCUT2D eigenvalue weighted by atomic mass is 10.1. The summed E-state index contributed by atoms with van der Waals surface area (Å²) in [6.07, 6.45) is -2.95. The molecule has 1 aliphatic heterocycles. The molecule has 0 bridgehead atoms. The van der Waals surface area contributed by atoms with E-state index in [2.05, 4.69) is 10.1 Å². The van der Waals surface area contributed by atoms with Gasteiger partial charge in [0.25, 0.3) is 5.91 Å². The Balaban J connectivity index is 1.33. The number of nitrogens with one attached hydrogen (secondary N) is 1. The third kappa shape index (κ3) is 8.05. The molecule has 204 valence electrons. The van der Waals surface area contributed by atoms with E-state index in [1.807, 2.05) is 18.2 Å². The Morgan fingerprint density at radius 3 is 2.26 bits per heavy atom. The number of carbonyl (C=O) groups excluding carboxylic acids is 3. The van der Waals surface area contributed by atoms with Crippen LogP contribution in [-0.4, -0.2) is 48.2 Å². The number of hydrogen-bond acceptors (Lipinski definition) is 7. The molecule has 0 aliphatic carbocycles. The molecule has 1 fully saturated rings. The molecular formula is C28H25F3N2O6. The number of ether oxygens (including phenoxy) is 2. The van der Waals surface area contributed by atoms with Crippen molar-refractivity contribution in [3.63, 3.8) is 0 Å². The van der Waals surface area contributed by atoms with E-state index in [-0.39, 0.29) is 23.9 Å². The summed E-state index contributed by atoms with van der Waals surface area (Å²) >= 11 is 0. The molecule has 1 aliphatic rings. The Morgan fingerprint density at radius 2 is 1.54 bits per heavy atom. The second kappa shape index (κ2) is 12.4. The maximum Gasteiger partial charge on any atom is 0.491 e. The second-order valence-electron chi connectivity index (χ2n) is 8.79. The topological polar surface area (TPSA) is 94.2 Å². The number of nitrogens with zero attached hydrogens (tertiary/aromatic N) is 1. The summed E-state index contributed by atoms with van der Waals surface area (Å²) in [6, 6.07) is 20.2. The van der Waals surface area contributed by atoms with E-state index >= 15 is 0 Å². The Kier molecular flexibility index (Phi) is 8.82. The Bertz CT molecular complexity index is 1300. The van der Waals surface area contributed by atoms with Crippen LogP contribution in [0.3, 0.4) is 0 Å². The molecule has 3 aromatic carbocycles. The molecule has 8 nitrogen and oxygen atoms in total. The van der Waals surface area contributed by atoms with Gasteiger partial charge in [0, 0.05) is 18.2 Å². The molecule has 0 unspecified atom stereocenters. The van der Waals surface area contributed by atoms with Crippen LogP contribution in [0.4, 0.5) is 13.2 Å². The van der Waals surface area contributed by atoms with Crippen molar-refractivity contribution in [3.05, 3.63) is 90.0 Å². The number of carbonyl (C=O) groups is 3. The summed E-state index contributed by atoms with van der Waals surface area (Å²) in [4.78, 5) is 42.1. The fraction of sp³-hybridized carbons (Fsp3) is 0.250. The Hall–Kier alpha value is -4.38. The van der Waals surface area contributed by atoms with Gasteiger partial charge >= 0.3 is 18.1 Å². The lowest BCUT2D eigenvalue weighted by molar-refractivity contribution is -0.189. The molecule has 0 radical (unpaired) electrons. The maximum atomic E-state index is 12.8. The van der Waals surface area contributed by atoms with Gasteiger partial charge < -0.3 is 19.6 Å². The standard InChI is InChI=1S/C28H25F3N2O6/c29-28(30,31)27(36)38-23-14-12-19(13-15-23)25(34)32-21-8-4-5-16-33(18-21)39-26(35)20-7-6-11-24(17-20)37-22-9-2-1-3-10-22/h1-3,6-7,9-15,17,21H,4-5,8,16,18H2,(H,32,34)/t21-/m1/s1. The van der Waals surface area contributed by atoms with Gasteiger partial charge in [-0.2, -0.15) is 13.2 Å². The van der Waals surface area contributed by atoms with Gasteiger partial charge in [0.15, 0.2) is 0 Å². The van der Waals surface area contributed by atoms with Gasteiger partial charge in [-0.05, 0) is 73.9 Å². The molecule has 1 atom stereocenters. The molecule has 1 amide bonds. The van der Waals surface area contributed by atoms with E-state index in [0.717, 1.165) is 25.0 Å². The first-order valence-electron chi connectivity index (χ1n) is 12.2. The zero-order valence-corrected chi connectivity index (χ0v) is 20.6. The van der Waals surface area contributed by atoms with Gasteiger partial charge in [0.2, 0.25) is 0 Å². The van der Waals surface area contributed by atoms with Crippen molar-refractivity contribution in [1.29, 1.82) is 0 Å². The van der Waals surface area contributed by atoms with Gasteiger partial charge in [-0.3, -0.25) is 4.79 Å². The van der Waals surface area contributed by atoms with Crippen molar-refractivity contribution in [3.8, 4) is 17.2 Å². The fourth-order valence-electron chi connectivity index (χ4n) is 3.90. The Labute approximate surface area is 222 Å². The van der Waals surface area contributed by atoms with E-state index in [4.69, 9.17) is 9.57 Å². The first-order valence-corrected chi connectivity index (χ1v) is 12.2. The quantitative estimate of drug-likeness (QED) is 0.320. The van der Waals surface area contributed by atoms with Crippen LogP contribution >= 0.6 is 0 Å². The van der Waals surface area contributed by atoms with Crippen molar-refractivity contribution < 1.29 is 41.9 Å². The summed E-state index contributed by atoms with van der Waals surface area (Å²) in [7, 11) is 0. The third-order valence-corrected chi connectivity index (χ3v) is 5.79. The van der Waals surface area contributed by atoms with Crippen LogP contribution in [0.15, 0.2) is 78.9 Å². The summed E-state index contributed by atoms with van der Waals surface area (Å²) < 4.78 is 47.1. The van der Waals surface area contributed by atoms with Crippen molar-refractivity contribution in [2.45, 2.75) is 31.5 Å². The highest BCUT2D eigenvalue weighted by Gasteiger charge is 2.41. The smallest absolute Gasteiger partial charge is 0.457 e. The number of alkyl halides is 3. The molecule has 3 aromatic rings. The number of esters is 1. The van der Waals surface area contributed by atoms with Crippen LogP contribution in [0.25, 0.3) is 0 Å². The number of para-hydroxylation sites is 1. The molecule has 11 heteroatoms. The van der Waals surface area contributed by atoms with Gasteiger partial charge in [0.1, 0.15) is 17.2 Å². The van der Waals surface area contributed by atoms with E-state index in [9.17, 15) is 27.6 Å². The lowest BCUT2D eigenvalue weighted by Gasteiger charge is -2.24. The van der Waals surface area contributed by atoms with Crippen LogP contribution in [0.5, 0.6) is 17.2 Å². The normalized spacial score (nSPS) is 16.0. The highest BCUT2D eigenvalue weighted by Crippen LogP contribution is 2.23. The molecule has 1 N–H and O–H groups in total. The Morgan fingerprint density at radius 1 is 0.821 bits per heavy atom. The highest BCUT2D eigenvalue weighted by molar-refractivity contribution is 5.94. The van der Waals surface area contributed by atoms with Crippen molar-refractivity contribution >= 4 is 17.8 Å². The number of hydrogen-bond donors (Lipinski definition) is 1. The summed E-state index contributed by atoms with van der Waals surface area (Å²) in [5.74, 6) is -2.60. The molecule has 0 spiro atoms. The predicted molar refractivity (Wildman–Crippen MR) is 133 cm³/mol. The largest absolute Gasteiger partial charge is 0.491 e. The van der Waals surface area contributed by atoms with Gasteiger partial charge in [-0.25, -0.2) is 9.59 Å². The maximum absolute atomic E-state index is 12.8. The monoisotopic (exact) mass is 542 g/mol. The van der Waals surface area contributed by atoms with Crippen LogP contribution in [0.2, 0.25) is 0 Å². The molecule has 1 saturated heterocycles. The van der Waals surface area contributed by atoms with E-state index < -0.39 is 24.0 Å². The van der Waals surface area contributed by atoms with E-state index in [1.165, 1.54) is 17.2 Å². The van der Waals surface area contributed by atoms with Crippen molar-refractivity contribution in [2.75, 3.05) is 13.1 Å². The number of benzene rings is 3. The number of amides is 1. The zero-order chi connectivity index (χ0) is 27.8. The first-order chi connectivity index (χ1) is 18.7. The lowest BCUT2D eigenvalue weighted by Crippen LogP contribution is -2.43. The fourth-order valence-corrected chi connectivity index (χ4v) is 3.90. The van der Waals surface area contributed by atoms with Crippen molar-refractivity contribution in [2.24, 2.45) is 0 Å².